The number of hydrogen-bond donors (Lipinski definition) is 2. The molecule has 0 aromatic carbocycles. The molecule has 4 heteroatoms. The summed E-state index contributed by atoms with van der Waals surface area (Å²) < 4.78 is 0. The molecule has 0 aliphatic rings. The molecule has 0 fully saturated rings. The van der Waals surface area contributed by atoms with Gasteiger partial charge in [0.1, 0.15) is 5.54 Å². The molecule has 0 spiro atoms. The molecular weight excluding hydrogens is 184 g/mol. The van der Waals surface area contributed by atoms with Gasteiger partial charge in [-0.15, -0.1) is 0 Å². The Bertz CT molecular complexity index is 175. The number of likely N-dealkylation sites (N-methyl/N-ethyl adjacent to an activating group) is 1. The molecule has 3 N–H and O–H groups in total. The van der Waals surface area contributed by atoms with Crippen LogP contribution in [0.3, 0.4) is 0 Å². The lowest BCUT2D eigenvalue weighted by Gasteiger charge is -2.26. The average Bonchev–Trinajstić information content (AvgIpc) is 2.13. The summed E-state index contributed by atoms with van der Waals surface area (Å²) in [5.74, 6) is 0.444. The largest absolute Gasteiger partial charge is 0.368 e. The minimum absolute atomic E-state index is 0.286. The number of primary amides is 1. The van der Waals surface area contributed by atoms with Crippen molar-refractivity contribution >= 4 is 17.7 Å². The molecule has 2 unspecified atom stereocenters. The number of nitrogens with two attached hydrogens (primary N) is 1. The van der Waals surface area contributed by atoms with E-state index < -0.39 is 5.54 Å². The quantitative estimate of drug-likeness (QED) is 0.678. The molecule has 78 valence electrons. The zero-order valence-electron chi connectivity index (χ0n) is 8.89. The second-order valence-corrected chi connectivity index (χ2v) is 4.90. The molecule has 0 bridgehead atoms. The Hall–Kier alpha value is -0.220. The summed E-state index contributed by atoms with van der Waals surface area (Å²) in [6, 6.07) is 0. The molecule has 0 aromatic rings. The second kappa shape index (κ2) is 5.50. The number of nitrogens with one attached hydrogen (secondary N) is 1. The van der Waals surface area contributed by atoms with Gasteiger partial charge in [-0.25, -0.2) is 0 Å². The smallest absolute Gasteiger partial charge is 0.238 e. The summed E-state index contributed by atoms with van der Waals surface area (Å²) in [6.07, 6.45) is 1.11. The van der Waals surface area contributed by atoms with E-state index in [1.54, 1.807) is 18.8 Å². The molecule has 0 aromatic heterocycles. The standard InChI is InChI=1S/C9H20N2OS/c1-5-7(2)13-6-9(3,11-4)8(10)12/h7,11H,5-6H2,1-4H3,(H2,10,12). The maximum atomic E-state index is 11.1. The lowest BCUT2D eigenvalue weighted by molar-refractivity contribution is -0.122. The van der Waals surface area contributed by atoms with Crippen LogP contribution in [-0.4, -0.2) is 29.5 Å². The highest BCUT2D eigenvalue weighted by atomic mass is 32.2. The highest BCUT2D eigenvalue weighted by Gasteiger charge is 2.29. The van der Waals surface area contributed by atoms with Gasteiger partial charge in [0.2, 0.25) is 5.91 Å². The number of carbonyl (C=O) groups is 1. The zero-order valence-corrected chi connectivity index (χ0v) is 9.70. The van der Waals surface area contributed by atoms with Gasteiger partial charge in [0, 0.05) is 11.0 Å². The van der Waals surface area contributed by atoms with E-state index in [9.17, 15) is 4.79 Å². The van der Waals surface area contributed by atoms with Crippen LogP contribution in [0.4, 0.5) is 0 Å². The van der Waals surface area contributed by atoms with Crippen molar-refractivity contribution < 1.29 is 4.79 Å². The van der Waals surface area contributed by atoms with Gasteiger partial charge in [0.05, 0.1) is 0 Å². The van der Waals surface area contributed by atoms with Gasteiger partial charge in [-0.3, -0.25) is 4.79 Å². The van der Waals surface area contributed by atoms with Crippen molar-refractivity contribution in [3.63, 3.8) is 0 Å². The van der Waals surface area contributed by atoms with Crippen molar-refractivity contribution in [1.82, 2.24) is 5.32 Å². The van der Waals surface area contributed by atoms with Gasteiger partial charge in [-0.05, 0) is 20.4 Å². The van der Waals surface area contributed by atoms with E-state index in [4.69, 9.17) is 5.73 Å². The van der Waals surface area contributed by atoms with E-state index in [0.29, 0.717) is 5.25 Å². The van der Waals surface area contributed by atoms with Crippen LogP contribution in [0.5, 0.6) is 0 Å². The number of amides is 1. The lowest BCUT2D eigenvalue weighted by atomic mass is 10.1. The van der Waals surface area contributed by atoms with E-state index >= 15 is 0 Å². The third-order valence-corrected chi connectivity index (χ3v) is 3.97. The summed E-state index contributed by atoms with van der Waals surface area (Å²) >= 11 is 1.77. The van der Waals surface area contributed by atoms with Crippen molar-refractivity contribution in [2.45, 2.75) is 38.0 Å². The first-order chi connectivity index (χ1) is 5.96. The monoisotopic (exact) mass is 204 g/mol. The molecule has 0 radical (unpaired) electrons. The summed E-state index contributed by atoms with van der Waals surface area (Å²) in [5, 5.41) is 3.54. The molecule has 0 aliphatic carbocycles. The first-order valence-corrected chi connectivity index (χ1v) is 5.61. The van der Waals surface area contributed by atoms with Crippen LogP contribution < -0.4 is 11.1 Å². The summed E-state index contributed by atoms with van der Waals surface area (Å²) in [5.41, 5.74) is 4.72. The fraction of sp³-hybridized carbons (Fsp3) is 0.889. The van der Waals surface area contributed by atoms with Crippen LogP contribution in [0.2, 0.25) is 0 Å². The molecule has 2 atom stereocenters. The van der Waals surface area contributed by atoms with Crippen LogP contribution in [0.15, 0.2) is 0 Å². The number of rotatable bonds is 6. The first-order valence-electron chi connectivity index (χ1n) is 4.56. The van der Waals surface area contributed by atoms with Gasteiger partial charge in [0.25, 0.3) is 0 Å². The van der Waals surface area contributed by atoms with Crippen LogP contribution in [0.25, 0.3) is 0 Å². The summed E-state index contributed by atoms with van der Waals surface area (Å²) in [6.45, 7) is 6.13. The fourth-order valence-corrected chi connectivity index (χ4v) is 1.83. The summed E-state index contributed by atoms with van der Waals surface area (Å²) in [4.78, 5) is 11.1. The van der Waals surface area contributed by atoms with Crippen molar-refractivity contribution in [2.75, 3.05) is 12.8 Å². The molecule has 3 nitrogen and oxygen atoms in total. The Kier molecular flexibility index (Phi) is 5.40. The van der Waals surface area contributed by atoms with Gasteiger partial charge < -0.3 is 11.1 Å². The molecule has 0 heterocycles. The van der Waals surface area contributed by atoms with Crippen molar-refractivity contribution in [2.24, 2.45) is 5.73 Å². The normalized spacial score (nSPS) is 17.8. The van der Waals surface area contributed by atoms with Gasteiger partial charge in [-0.1, -0.05) is 13.8 Å². The number of thioether (sulfide) groups is 1. The third kappa shape index (κ3) is 4.00. The van der Waals surface area contributed by atoms with Gasteiger partial charge in [0.15, 0.2) is 0 Å². The third-order valence-electron chi connectivity index (χ3n) is 2.33. The van der Waals surface area contributed by atoms with E-state index in [2.05, 4.69) is 19.2 Å². The predicted octanol–water partition coefficient (Wildman–Crippen LogP) is 0.981. The Morgan fingerprint density at radius 2 is 2.23 bits per heavy atom. The zero-order chi connectivity index (χ0) is 10.5. The minimum atomic E-state index is -0.575. The van der Waals surface area contributed by atoms with Crippen LogP contribution >= 0.6 is 11.8 Å². The van der Waals surface area contributed by atoms with Crippen LogP contribution in [0.1, 0.15) is 27.2 Å². The van der Waals surface area contributed by atoms with E-state index in [0.717, 1.165) is 12.2 Å². The highest BCUT2D eigenvalue weighted by molar-refractivity contribution is 7.99. The van der Waals surface area contributed by atoms with E-state index in [1.165, 1.54) is 0 Å². The maximum absolute atomic E-state index is 11.1. The average molecular weight is 204 g/mol. The molecular formula is C9H20N2OS. The van der Waals surface area contributed by atoms with Crippen molar-refractivity contribution in [1.29, 1.82) is 0 Å². The molecule has 1 amide bonds. The number of hydrogen-bond acceptors (Lipinski definition) is 3. The Labute approximate surface area is 84.8 Å². The second-order valence-electron chi connectivity index (χ2n) is 3.48. The summed E-state index contributed by atoms with van der Waals surface area (Å²) in [7, 11) is 1.77. The fourth-order valence-electron chi connectivity index (χ4n) is 0.693. The van der Waals surface area contributed by atoms with Crippen LogP contribution in [-0.2, 0) is 4.79 Å². The molecule has 0 saturated carbocycles. The minimum Gasteiger partial charge on any atom is -0.368 e. The SMILES string of the molecule is CCC(C)SCC(C)(NC)C(N)=O. The van der Waals surface area contributed by atoms with Gasteiger partial charge >= 0.3 is 0 Å². The van der Waals surface area contributed by atoms with Crippen molar-refractivity contribution in [3.05, 3.63) is 0 Å². The lowest BCUT2D eigenvalue weighted by Crippen LogP contribution is -2.53. The first kappa shape index (κ1) is 12.8. The Morgan fingerprint density at radius 1 is 1.69 bits per heavy atom. The molecule has 13 heavy (non-hydrogen) atoms. The topological polar surface area (TPSA) is 55.1 Å². The van der Waals surface area contributed by atoms with E-state index in [1.807, 2.05) is 6.92 Å². The molecule has 0 saturated heterocycles. The maximum Gasteiger partial charge on any atom is 0.238 e. The van der Waals surface area contributed by atoms with Gasteiger partial charge in [-0.2, -0.15) is 11.8 Å². The van der Waals surface area contributed by atoms with E-state index in [-0.39, 0.29) is 5.91 Å². The van der Waals surface area contributed by atoms with Crippen LogP contribution in [0, 0.1) is 0 Å². The highest BCUT2D eigenvalue weighted by Crippen LogP contribution is 2.19. The Morgan fingerprint density at radius 3 is 2.54 bits per heavy atom. The predicted molar refractivity (Wildman–Crippen MR) is 58.9 cm³/mol. The van der Waals surface area contributed by atoms with Crippen molar-refractivity contribution in [3.8, 4) is 0 Å². The number of carbonyl (C=O) groups excluding carboxylic acids is 1. The molecule has 0 aliphatic heterocycles. The Balaban J connectivity index is 4.05. The molecule has 0 rings (SSSR count).